The second kappa shape index (κ2) is 7.99. The Labute approximate surface area is 170 Å². The smallest absolute Gasteiger partial charge is 0.282 e. The second-order valence-electron chi connectivity index (χ2n) is 7.02. The summed E-state index contributed by atoms with van der Waals surface area (Å²) in [5.74, 6) is 0.744. The van der Waals surface area contributed by atoms with Crippen LogP contribution in [0, 0.1) is 0 Å². The minimum absolute atomic E-state index is 0.281. The number of carbonyl (C=O) groups is 2. The van der Waals surface area contributed by atoms with Gasteiger partial charge in [-0.3, -0.25) is 9.59 Å². The van der Waals surface area contributed by atoms with Crippen molar-refractivity contribution in [2.24, 2.45) is 0 Å². The molecule has 2 aliphatic rings. The molecule has 0 atom stereocenters. The van der Waals surface area contributed by atoms with E-state index in [1.807, 2.05) is 30.0 Å². The Bertz CT molecular complexity index is 959. The van der Waals surface area contributed by atoms with Crippen molar-refractivity contribution in [3.8, 4) is 11.5 Å². The minimum atomic E-state index is -0.310. The summed E-state index contributed by atoms with van der Waals surface area (Å²) in [6.07, 6.45) is 2.03. The fourth-order valence-electron chi connectivity index (χ4n) is 3.88. The summed E-state index contributed by atoms with van der Waals surface area (Å²) in [6, 6.07) is 14.4. The first-order valence-electron chi connectivity index (χ1n) is 9.89. The maximum atomic E-state index is 13.5. The zero-order valence-corrected chi connectivity index (χ0v) is 16.7. The molecule has 0 aromatic heterocycles. The molecule has 0 bridgehead atoms. The van der Waals surface area contributed by atoms with Crippen molar-refractivity contribution < 1.29 is 19.1 Å². The van der Waals surface area contributed by atoms with Gasteiger partial charge < -0.3 is 14.4 Å². The van der Waals surface area contributed by atoms with Crippen LogP contribution in [0.15, 0.2) is 54.2 Å². The molecular weight excluding hydrogens is 368 g/mol. The van der Waals surface area contributed by atoms with Crippen LogP contribution in [0.5, 0.6) is 11.5 Å². The summed E-state index contributed by atoms with van der Waals surface area (Å²) < 4.78 is 10.8. The molecule has 6 heteroatoms. The molecular formula is C23H24N2O4. The molecule has 0 radical (unpaired) electrons. The maximum absolute atomic E-state index is 13.5. The van der Waals surface area contributed by atoms with Crippen LogP contribution < -0.4 is 14.4 Å². The maximum Gasteiger partial charge on any atom is 0.282 e. The quantitative estimate of drug-likeness (QED) is 0.705. The third kappa shape index (κ3) is 3.46. The van der Waals surface area contributed by atoms with Gasteiger partial charge in [0.2, 0.25) is 0 Å². The number of hydrogen-bond donors (Lipinski definition) is 0. The number of nitrogens with zero attached hydrogens (tertiary/aromatic N) is 2. The number of hydrogen-bond acceptors (Lipinski definition) is 5. The van der Waals surface area contributed by atoms with Gasteiger partial charge in [0.25, 0.3) is 11.8 Å². The highest BCUT2D eigenvalue weighted by molar-refractivity contribution is 6.45. The van der Waals surface area contributed by atoms with E-state index in [2.05, 4.69) is 0 Å². The van der Waals surface area contributed by atoms with Gasteiger partial charge in [-0.2, -0.15) is 0 Å². The van der Waals surface area contributed by atoms with Crippen LogP contribution in [0.25, 0.3) is 5.57 Å². The van der Waals surface area contributed by atoms with E-state index in [-0.39, 0.29) is 11.8 Å². The third-order valence-corrected chi connectivity index (χ3v) is 5.25. The summed E-state index contributed by atoms with van der Waals surface area (Å²) in [5.41, 5.74) is 2.17. The van der Waals surface area contributed by atoms with Gasteiger partial charge >= 0.3 is 0 Å². The summed E-state index contributed by atoms with van der Waals surface area (Å²) in [6.45, 7) is 3.97. The first-order chi connectivity index (χ1) is 14.1. The van der Waals surface area contributed by atoms with Crippen LogP contribution in [0.3, 0.4) is 0 Å². The number of rotatable bonds is 6. The SMILES string of the molecule is CCOc1cccc(N2C(=O)C(c3ccc(OC)cc3)=C(N3CCCC3)C2=O)c1. The van der Waals surface area contributed by atoms with E-state index >= 15 is 0 Å². The standard InChI is InChI=1S/C23H24N2O4/c1-3-29-19-8-6-7-17(15-19)25-22(26)20(16-9-11-18(28-2)12-10-16)21(23(25)27)24-13-4-5-14-24/h6-12,15H,3-5,13-14H2,1-2H3. The van der Waals surface area contributed by atoms with Crippen molar-refractivity contribution in [1.29, 1.82) is 0 Å². The molecule has 2 aromatic carbocycles. The molecule has 2 amide bonds. The Morgan fingerprint density at radius 3 is 2.31 bits per heavy atom. The Morgan fingerprint density at radius 2 is 1.66 bits per heavy atom. The van der Waals surface area contributed by atoms with E-state index < -0.39 is 0 Å². The summed E-state index contributed by atoms with van der Waals surface area (Å²) >= 11 is 0. The summed E-state index contributed by atoms with van der Waals surface area (Å²) in [5, 5.41) is 0. The van der Waals surface area contributed by atoms with Crippen molar-refractivity contribution >= 4 is 23.1 Å². The van der Waals surface area contributed by atoms with E-state index in [1.54, 1.807) is 37.4 Å². The number of amides is 2. The van der Waals surface area contributed by atoms with Gasteiger partial charge in [0.05, 0.1) is 25.0 Å². The first-order valence-corrected chi connectivity index (χ1v) is 9.89. The number of imide groups is 1. The molecule has 2 heterocycles. The Morgan fingerprint density at radius 1 is 0.931 bits per heavy atom. The molecule has 1 saturated heterocycles. The molecule has 0 N–H and O–H groups in total. The predicted octanol–water partition coefficient (Wildman–Crippen LogP) is 3.47. The lowest BCUT2D eigenvalue weighted by Gasteiger charge is -2.20. The second-order valence-corrected chi connectivity index (χ2v) is 7.02. The van der Waals surface area contributed by atoms with Crippen molar-refractivity contribution in [2.75, 3.05) is 31.7 Å². The van der Waals surface area contributed by atoms with Crippen LogP contribution in [0.2, 0.25) is 0 Å². The van der Waals surface area contributed by atoms with E-state index in [4.69, 9.17) is 9.47 Å². The van der Waals surface area contributed by atoms with Crippen molar-refractivity contribution in [2.45, 2.75) is 19.8 Å². The molecule has 2 aromatic rings. The summed E-state index contributed by atoms with van der Waals surface area (Å²) in [4.78, 5) is 30.2. The summed E-state index contributed by atoms with van der Waals surface area (Å²) in [7, 11) is 1.60. The first kappa shape index (κ1) is 19.1. The fourth-order valence-corrected chi connectivity index (χ4v) is 3.88. The Balaban J connectivity index is 1.78. The molecule has 4 rings (SSSR count). The Kier molecular flexibility index (Phi) is 5.25. The molecule has 0 saturated carbocycles. The molecule has 1 fully saturated rings. The zero-order chi connectivity index (χ0) is 20.4. The molecule has 0 spiro atoms. The minimum Gasteiger partial charge on any atom is -0.497 e. The molecule has 0 unspecified atom stereocenters. The average Bonchev–Trinajstić information content (AvgIpc) is 3.34. The van der Waals surface area contributed by atoms with Crippen molar-refractivity contribution in [3.63, 3.8) is 0 Å². The van der Waals surface area contributed by atoms with Gasteiger partial charge in [0.1, 0.15) is 17.2 Å². The lowest BCUT2D eigenvalue weighted by molar-refractivity contribution is -0.120. The van der Waals surface area contributed by atoms with Crippen LogP contribution in [0.4, 0.5) is 5.69 Å². The molecule has 2 aliphatic heterocycles. The monoisotopic (exact) mass is 392 g/mol. The molecule has 6 nitrogen and oxygen atoms in total. The lowest BCUT2D eigenvalue weighted by Crippen LogP contribution is -2.34. The number of ether oxygens (including phenoxy) is 2. The van der Waals surface area contributed by atoms with Crippen LogP contribution >= 0.6 is 0 Å². The third-order valence-electron chi connectivity index (χ3n) is 5.25. The lowest BCUT2D eigenvalue weighted by atomic mass is 10.0. The van der Waals surface area contributed by atoms with Crippen LogP contribution in [-0.2, 0) is 9.59 Å². The highest BCUT2D eigenvalue weighted by Gasteiger charge is 2.43. The van der Waals surface area contributed by atoms with Gasteiger partial charge in [-0.05, 0) is 49.6 Å². The Hall–Kier alpha value is -3.28. The number of methoxy groups -OCH3 is 1. The van der Waals surface area contributed by atoms with Crippen molar-refractivity contribution in [3.05, 3.63) is 59.8 Å². The van der Waals surface area contributed by atoms with Crippen LogP contribution in [0.1, 0.15) is 25.3 Å². The van der Waals surface area contributed by atoms with E-state index in [0.29, 0.717) is 35.1 Å². The van der Waals surface area contributed by atoms with Gasteiger partial charge in [0.15, 0.2) is 0 Å². The zero-order valence-electron chi connectivity index (χ0n) is 16.7. The van der Waals surface area contributed by atoms with Gasteiger partial charge in [-0.1, -0.05) is 18.2 Å². The molecule has 29 heavy (non-hydrogen) atoms. The average molecular weight is 392 g/mol. The topological polar surface area (TPSA) is 59.1 Å². The number of likely N-dealkylation sites (tertiary alicyclic amines) is 1. The van der Waals surface area contributed by atoms with E-state index in [1.165, 1.54) is 4.90 Å². The number of carbonyl (C=O) groups excluding carboxylic acids is 2. The highest BCUT2D eigenvalue weighted by Crippen LogP contribution is 2.37. The molecule has 150 valence electrons. The van der Waals surface area contributed by atoms with Gasteiger partial charge in [-0.25, -0.2) is 4.90 Å². The normalized spacial score (nSPS) is 16.8. The van der Waals surface area contributed by atoms with E-state index in [0.717, 1.165) is 31.5 Å². The van der Waals surface area contributed by atoms with E-state index in [9.17, 15) is 9.59 Å². The largest absolute Gasteiger partial charge is 0.497 e. The molecule has 0 aliphatic carbocycles. The van der Waals surface area contributed by atoms with Gasteiger partial charge in [0, 0.05) is 19.2 Å². The highest BCUT2D eigenvalue weighted by atomic mass is 16.5. The predicted molar refractivity (Wildman–Crippen MR) is 111 cm³/mol. The van der Waals surface area contributed by atoms with Gasteiger partial charge in [-0.15, -0.1) is 0 Å². The number of anilines is 1. The van der Waals surface area contributed by atoms with Crippen molar-refractivity contribution in [1.82, 2.24) is 4.90 Å². The number of benzene rings is 2. The fraction of sp³-hybridized carbons (Fsp3) is 0.304. The van der Waals surface area contributed by atoms with Crippen LogP contribution in [-0.4, -0.2) is 43.5 Å².